The minimum absolute atomic E-state index is 0. The summed E-state index contributed by atoms with van der Waals surface area (Å²) in [6.07, 6.45) is 1.67. The van der Waals surface area contributed by atoms with Gasteiger partial charge in [0.2, 0.25) is 0 Å². The monoisotopic (exact) mass is 400 g/mol. The molecule has 9 heteroatoms. The fourth-order valence-corrected chi connectivity index (χ4v) is 0.459. The number of methoxy groups -OCH3 is 2. The van der Waals surface area contributed by atoms with Crippen LogP contribution >= 0.6 is 0 Å². The molecular formula is C16H32O8Ti. The van der Waals surface area contributed by atoms with Crippen molar-refractivity contribution in [3.05, 3.63) is 23.7 Å². The summed E-state index contributed by atoms with van der Waals surface area (Å²) < 4.78 is 8.37. The van der Waals surface area contributed by atoms with E-state index >= 15 is 0 Å². The largest absolute Gasteiger partial charge is 0.512 e. The van der Waals surface area contributed by atoms with E-state index in [-0.39, 0.29) is 45.4 Å². The molecule has 0 aromatic rings. The first-order valence-electron chi connectivity index (χ1n) is 7.06. The molecule has 0 atom stereocenters. The van der Waals surface area contributed by atoms with Gasteiger partial charge in [0.15, 0.2) is 0 Å². The Morgan fingerprint density at radius 2 is 0.920 bits per heavy atom. The number of carbonyl (C=O) groups excluding carboxylic acids is 2. The molecule has 0 aliphatic rings. The molecule has 4 N–H and O–H groups in total. The number of hydrogen-bond acceptors (Lipinski definition) is 8. The van der Waals surface area contributed by atoms with E-state index in [1.807, 2.05) is 0 Å². The molecule has 0 saturated carbocycles. The molecule has 0 heterocycles. The van der Waals surface area contributed by atoms with Gasteiger partial charge in [0, 0.05) is 33.9 Å². The van der Waals surface area contributed by atoms with Crippen LogP contribution in [0.25, 0.3) is 0 Å². The van der Waals surface area contributed by atoms with Crippen molar-refractivity contribution in [1.29, 1.82) is 0 Å². The van der Waals surface area contributed by atoms with Crippen LogP contribution in [0.4, 0.5) is 0 Å². The SMILES string of the molecule is CC(C)O.CC(C)O.COC(=O)C=C(C)O.COC(=O)C=C(C)O.[Ti]. The Morgan fingerprint density at radius 3 is 0.960 bits per heavy atom. The smallest absolute Gasteiger partial charge is 0.333 e. The number of rotatable bonds is 2. The Hall–Kier alpha value is -1.35. The summed E-state index contributed by atoms with van der Waals surface area (Å²) in [7, 11) is 2.50. The summed E-state index contributed by atoms with van der Waals surface area (Å²) in [5.41, 5.74) is 0. The Kier molecular flexibility index (Phi) is 34.7. The van der Waals surface area contributed by atoms with E-state index in [2.05, 4.69) is 9.47 Å². The average molecular weight is 400 g/mol. The molecule has 0 radical (unpaired) electrons. The van der Waals surface area contributed by atoms with Gasteiger partial charge in [-0.2, -0.15) is 0 Å². The number of carbonyl (C=O) groups is 2. The van der Waals surface area contributed by atoms with Crippen LogP contribution in [0.2, 0.25) is 0 Å². The number of aliphatic hydroxyl groups is 4. The molecule has 0 aliphatic heterocycles. The maximum atomic E-state index is 10.2. The quantitative estimate of drug-likeness (QED) is 0.239. The van der Waals surface area contributed by atoms with Crippen molar-refractivity contribution in [3.8, 4) is 0 Å². The Balaban J connectivity index is -0.0000000739. The second-order valence-electron chi connectivity index (χ2n) is 4.81. The minimum atomic E-state index is -0.537. The maximum absolute atomic E-state index is 10.2. The first kappa shape index (κ1) is 34.9. The standard InChI is InChI=1S/2C5H8O3.2C3H8O.Ti/c2*1-4(6)3-5(7)8-2;2*1-3(2)4;/h2*3,6H,1-2H3;2*3-4H,1-2H3;. The van der Waals surface area contributed by atoms with Crippen LogP contribution in [0.15, 0.2) is 23.7 Å². The van der Waals surface area contributed by atoms with Crippen molar-refractivity contribution >= 4 is 11.9 Å². The van der Waals surface area contributed by atoms with Gasteiger partial charge in [-0.3, -0.25) is 0 Å². The van der Waals surface area contributed by atoms with Crippen LogP contribution < -0.4 is 0 Å². The van der Waals surface area contributed by atoms with Crippen molar-refractivity contribution in [3.63, 3.8) is 0 Å². The van der Waals surface area contributed by atoms with Crippen molar-refractivity contribution < 1.29 is 61.2 Å². The number of esters is 2. The molecule has 0 fully saturated rings. The molecule has 0 bridgehead atoms. The van der Waals surface area contributed by atoms with Crippen LogP contribution in [0, 0.1) is 0 Å². The van der Waals surface area contributed by atoms with Gasteiger partial charge in [-0.05, 0) is 41.5 Å². The van der Waals surface area contributed by atoms with Crippen LogP contribution in [-0.2, 0) is 40.8 Å². The number of allylic oxidation sites excluding steroid dienone is 2. The molecule has 0 spiro atoms. The van der Waals surface area contributed by atoms with Gasteiger partial charge in [0.05, 0.1) is 37.9 Å². The van der Waals surface area contributed by atoms with Gasteiger partial charge < -0.3 is 29.9 Å². The second kappa shape index (κ2) is 24.9. The number of ether oxygens (including phenoxy) is 2. The van der Waals surface area contributed by atoms with Crippen molar-refractivity contribution in [2.75, 3.05) is 14.2 Å². The molecule has 0 amide bonds. The molecular weight excluding hydrogens is 368 g/mol. The third kappa shape index (κ3) is 85.1. The summed E-state index contributed by atoms with van der Waals surface area (Å²) >= 11 is 0. The zero-order valence-electron chi connectivity index (χ0n) is 16.2. The van der Waals surface area contributed by atoms with E-state index in [4.69, 9.17) is 20.4 Å². The molecule has 0 aliphatic carbocycles. The van der Waals surface area contributed by atoms with Gasteiger partial charge in [-0.25, -0.2) is 9.59 Å². The molecule has 0 aromatic carbocycles. The summed E-state index contributed by atoms with van der Waals surface area (Å²) in [4.78, 5) is 20.3. The third-order valence-corrected chi connectivity index (χ3v) is 1.06. The van der Waals surface area contributed by atoms with E-state index in [0.717, 1.165) is 12.2 Å². The van der Waals surface area contributed by atoms with Crippen LogP contribution in [0.1, 0.15) is 41.5 Å². The van der Waals surface area contributed by atoms with Crippen LogP contribution in [-0.4, -0.2) is 58.8 Å². The van der Waals surface area contributed by atoms with Gasteiger partial charge in [-0.15, -0.1) is 0 Å². The molecule has 0 saturated heterocycles. The van der Waals surface area contributed by atoms with Crippen LogP contribution in [0.5, 0.6) is 0 Å². The number of hydrogen-bond donors (Lipinski definition) is 4. The molecule has 8 nitrogen and oxygen atoms in total. The number of aliphatic hydroxyl groups excluding tert-OH is 4. The molecule has 0 aromatic heterocycles. The van der Waals surface area contributed by atoms with Gasteiger partial charge in [-0.1, -0.05) is 0 Å². The van der Waals surface area contributed by atoms with Crippen LogP contribution in [0.3, 0.4) is 0 Å². The van der Waals surface area contributed by atoms with Gasteiger partial charge in [0.1, 0.15) is 0 Å². The molecule has 148 valence electrons. The van der Waals surface area contributed by atoms with E-state index < -0.39 is 11.9 Å². The first-order valence-corrected chi connectivity index (χ1v) is 7.06. The molecule has 0 rings (SSSR count). The Labute approximate surface area is 165 Å². The van der Waals surface area contributed by atoms with Crippen molar-refractivity contribution in [2.24, 2.45) is 0 Å². The average Bonchev–Trinajstić information content (AvgIpc) is 2.36. The van der Waals surface area contributed by atoms with E-state index in [0.29, 0.717) is 0 Å². The van der Waals surface area contributed by atoms with Crippen molar-refractivity contribution in [2.45, 2.75) is 53.8 Å². The normalized spacial score (nSPS) is 9.92. The van der Waals surface area contributed by atoms with Crippen molar-refractivity contribution in [1.82, 2.24) is 0 Å². The predicted octanol–water partition coefficient (Wildman–Crippen LogP) is 2.01. The minimum Gasteiger partial charge on any atom is -0.512 e. The summed E-state index contributed by atoms with van der Waals surface area (Å²) in [5.74, 6) is -1.16. The van der Waals surface area contributed by atoms with E-state index in [1.165, 1.54) is 28.1 Å². The molecule has 25 heavy (non-hydrogen) atoms. The van der Waals surface area contributed by atoms with Gasteiger partial charge >= 0.3 is 11.9 Å². The fraction of sp³-hybridized carbons (Fsp3) is 0.625. The fourth-order valence-electron chi connectivity index (χ4n) is 0.459. The van der Waals surface area contributed by atoms with E-state index in [1.54, 1.807) is 27.7 Å². The Morgan fingerprint density at radius 1 is 0.760 bits per heavy atom. The third-order valence-electron chi connectivity index (χ3n) is 1.06. The summed E-state index contributed by atoms with van der Waals surface area (Å²) in [6.45, 7) is 9.69. The zero-order chi connectivity index (χ0) is 20.3. The summed E-state index contributed by atoms with van der Waals surface area (Å²) in [6, 6.07) is 0. The zero-order valence-corrected chi connectivity index (χ0v) is 17.8. The second-order valence-corrected chi connectivity index (χ2v) is 4.81. The topological polar surface area (TPSA) is 134 Å². The Bertz CT molecular complexity index is 327. The first-order chi connectivity index (χ1) is 10.8. The molecule has 0 unspecified atom stereocenters. The maximum Gasteiger partial charge on any atom is 0.333 e. The predicted molar refractivity (Wildman–Crippen MR) is 91.5 cm³/mol. The van der Waals surface area contributed by atoms with E-state index in [9.17, 15) is 9.59 Å². The van der Waals surface area contributed by atoms with Gasteiger partial charge in [0.25, 0.3) is 0 Å². The summed E-state index contributed by atoms with van der Waals surface area (Å²) in [5, 5.41) is 32.9.